The fourth-order valence-electron chi connectivity index (χ4n) is 1.91. The van der Waals surface area contributed by atoms with E-state index >= 15 is 0 Å². The molecule has 0 radical (unpaired) electrons. The zero-order valence-electron chi connectivity index (χ0n) is 8.05. The number of rotatable bonds is 1. The van der Waals surface area contributed by atoms with Crippen LogP contribution < -0.4 is 0 Å². The van der Waals surface area contributed by atoms with Crippen LogP contribution in [-0.2, 0) is 14.3 Å². The van der Waals surface area contributed by atoms with Gasteiger partial charge in [-0.1, -0.05) is 6.58 Å². The van der Waals surface area contributed by atoms with E-state index in [2.05, 4.69) is 6.58 Å². The van der Waals surface area contributed by atoms with Crippen molar-refractivity contribution < 1.29 is 14.3 Å². The predicted molar refractivity (Wildman–Crippen MR) is 47.2 cm³/mol. The van der Waals surface area contributed by atoms with Crippen LogP contribution in [-0.4, -0.2) is 23.8 Å². The Morgan fingerprint density at radius 1 is 1.62 bits per heavy atom. The number of carbonyl (C=O) groups excluding carboxylic acids is 1. The molecule has 0 aromatic heterocycles. The third-order valence-corrected chi connectivity index (χ3v) is 3.09. The lowest BCUT2D eigenvalue weighted by atomic mass is 9.88. The van der Waals surface area contributed by atoms with Crippen molar-refractivity contribution in [1.82, 2.24) is 0 Å². The Balaban J connectivity index is 2.33. The first-order valence-electron chi connectivity index (χ1n) is 4.52. The summed E-state index contributed by atoms with van der Waals surface area (Å²) in [6.45, 7) is 7.66. The summed E-state index contributed by atoms with van der Waals surface area (Å²) in [6, 6.07) is 0. The van der Waals surface area contributed by atoms with E-state index in [1.165, 1.54) is 0 Å². The number of carbonyl (C=O) groups is 1. The Kier molecular flexibility index (Phi) is 1.66. The Morgan fingerprint density at radius 3 is 2.92 bits per heavy atom. The van der Waals surface area contributed by atoms with E-state index in [4.69, 9.17) is 9.47 Å². The van der Waals surface area contributed by atoms with Gasteiger partial charge in [0.2, 0.25) is 0 Å². The zero-order valence-corrected chi connectivity index (χ0v) is 8.05. The van der Waals surface area contributed by atoms with Crippen molar-refractivity contribution in [3.8, 4) is 0 Å². The second-order valence-corrected chi connectivity index (χ2v) is 3.99. The summed E-state index contributed by atoms with van der Waals surface area (Å²) in [5.41, 5.74) is 0.248. The predicted octanol–water partition coefficient (Wildman–Crippen LogP) is 1.43. The first-order chi connectivity index (χ1) is 5.99. The van der Waals surface area contributed by atoms with Crippen LogP contribution in [0.3, 0.4) is 0 Å². The Morgan fingerprint density at radius 2 is 2.31 bits per heavy atom. The second-order valence-electron chi connectivity index (χ2n) is 3.99. The Bertz CT molecular complexity index is 284. The Labute approximate surface area is 77.7 Å². The third kappa shape index (κ3) is 1.07. The fourth-order valence-corrected chi connectivity index (χ4v) is 1.91. The summed E-state index contributed by atoms with van der Waals surface area (Å²) < 4.78 is 11.2. The van der Waals surface area contributed by atoms with Crippen LogP contribution in [0.5, 0.6) is 0 Å². The molecular weight excluding hydrogens is 168 g/mol. The molecule has 3 heteroatoms. The van der Waals surface area contributed by atoms with Gasteiger partial charge in [-0.05, 0) is 32.3 Å². The smallest absolute Gasteiger partial charge is 0.189 e. The molecule has 2 bridgehead atoms. The maximum Gasteiger partial charge on any atom is 0.189 e. The number of ketones is 1. The van der Waals surface area contributed by atoms with Gasteiger partial charge in [0.05, 0.1) is 6.61 Å². The first-order valence-corrected chi connectivity index (χ1v) is 4.52. The van der Waals surface area contributed by atoms with Gasteiger partial charge in [-0.2, -0.15) is 0 Å². The van der Waals surface area contributed by atoms with Crippen molar-refractivity contribution in [2.75, 3.05) is 6.61 Å². The van der Waals surface area contributed by atoms with Crippen LogP contribution in [0.25, 0.3) is 0 Å². The third-order valence-electron chi connectivity index (χ3n) is 3.09. The molecule has 2 saturated heterocycles. The van der Waals surface area contributed by atoms with E-state index in [0.717, 1.165) is 12.0 Å². The minimum absolute atomic E-state index is 0.0590. The average Bonchev–Trinajstić information content (AvgIpc) is 2.36. The summed E-state index contributed by atoms with van der Waals surface area (Å²) in [5.74, 6) is -0.659. The van der Waals surface area contributed by atoms with E-state index in [1.807, 2.05) is 6.92 Å². The van der Waals surface area contributed by atoms with Gasteiger partial charge in [-0.15, -0.1) is 0 Å². The molecule has 0 spiro atoms. The summed E-state index contributed by atoms with van der Waals surface area (Å²) in [7, 11) is 0. The number of Topliss-reactive ketones (excluding diaryl/α,β-unsaturated/α-hetero) is 1. The molecular formula is C10H14O3. The fraction of sp³-hybridized carbons (Fsp3) is 0.700. The van der Waals surface area contributed by atoms with E-state index in [-0.39, 0.29) is 5.78 Å². The first kappa shape index (κ1) is 8.91. The topological polar surface area (TPSA) is 35.5 Å². The molecule has 0 aromatic rings. The molecule has 0 amide bonds. The molecule has 3 nitrogen and oxygen atoms in total. The lowest BCUT2D eigenvalue weighted by Crippen LogP contribution is -2.45. The molecule has 0 unspecified atom stereocenters. The van der Waals surface area contributed by atoms with Crippen LogP contribution in [0, 0.1) is 0 Å². The van der Waals surface area contributed by atoms with Crippen LogP contribution >= 0.6 is 0 Å². The number of hydrogen-bond acceptors (Lipinski definition) is 3. The molecule has 0 aliphatic carbocycles. The van der Waals surface area contributed by atoms with E-state index in [9.17, 15) is 4.79 Å². The minimum Gasteiger partial charge on any atom is -0.343 e. The van der Waals surface area contributed by atoms with Crippen LogP contribution in [0.1, 0.15) is 26.7 Å². The van der Waals surface area contributed by atoms with Crippen molar-refractivity contribution in [1.29, 1.82) is 0 Å². The van der Waals surface area contributed by atoms with E-state index in [1.54, 1.807) is 6.92 Å². The SMILES string of the molecule is C=C1CC[C@]2(C(C)=O)CO[C@]1(C)O2. The van der Waals surface area contributed by atoms with Gasteiger partial charge in [-0.25, -0.2) is 0 Å². The van der Waals surface area contributed by atoms with Crippen molar-refractivity contribution in [3.63, 3.8) is 0 Å². The molecule has 2 rings (SSSR count). The highest BCUT2D eigenvalue weighted by atomic mass is 16.8. The standard InChI is InChI=1S/C10H14O3/c1-7-4-5-10(8(2)11)6-12-9(7,3)13-10/h1,4-6H2,2-3H3/t9-,10-/m1/s1. The molecule has 0 N–H and O–H groups in total. The molecule has 2 aliphatic rings. The van der Waals surface area contributed by atoms with Gasteiger partial charge in [0, 0.05) is 0 Å². The highest BCUT2D eigenvalue weighted by molar-refractivity contribution is 5.85. The van der Waals surface area contributed by atoms with Crippen molar-refractivity contribution >= 4 is 5.78 Å². The highest BCUT2D eigenvalue weighted by Gasteiger charge is 2.55. The minimum atomic E-state index is -0.718. The Hall–Kier alpha value is -0.670. The maximum atomic E-state index is 11.4. The van der Waals surface area contributed by atoms with Gasteiger partial charge in [-0.3, -0.25) is 4.79 Å². The number of ether oxygens (including phenoxy) is 2. The largest absolute Gasteiger partial charge is 0.343 e. The summed E-state index contributed by atoms with van der Waals surface area (Å²) in [6.07, 6.45) is 1.52. The van der Waals surface area contributed by atoms with E-state index < -0.39 is 11.4 Å². The lowest BCUT2D eigenvalue weighted by molar-refractivity contribution is -0.174. The highest BCUT2D eigenvalue weighted by Crippen LogP contribution is 2.45. The molecule has 2 fully saturated rings. The average molecular weight is 182 g/mol. The summed E-state index contributed by atoms with van der Waals surface area (Å²) >= 11 is 0. The van der Waals surface area contributed by atoms with Gasteiger partial charge in [0.1, 0.15) is 0 Å². The monoisotopic (exact) mass is 182 g/mol. The molecule has 13 heavy (non-hydrogen) atoms. The molecule has 72 valence electrons. The second kappa shape index (κ2) is 2.42. The molecule has 2 atom stereocenters. The van der Waals surface area contributed by atoms with Crippen molar-refractivity contribution in [3.05, 3.63) is 12.2 Å². The number of fused-ring (bicyclic) bond motifs is 2. The van der Waals surface area contributed by atoms with Crippen LogP contribution in [0.2, 0.25) is 0 Å². The van der Waals surface area contributed by atoms with Crippen molar-refractivity contribution in [2.45, 2.75) is 38.1 Å². The molecule has 0 saturated carbocycles. The molecule has 2 heterocycles. The van der Waals surface area contributed by atoms with Crippen LogP contribution in [0.15, 0.2) is 12.2 Å². The van der Waals surface area contributed by atoms with E-state index in [0.29, 0.717) is 13.0 Å². The number of hydrogen-bond donors (Lipinski definition) is 0. The van der Waals surface area contributed by atoms with Gasteiger partial charge < -0.3 is 9.47 Å². The van der Waals surface area contributed by atoms with Gasteiger partial charge in [0.25, 0.3) is 0 Å². The summed E-state index contributed by atoms with van der Waals surface area (Å²) in [4.78, 5) is 11.4. The van der Waals surface area contributed by atoms with Crippen molar-refractivity contribution in [2.24, 2.45) is 0 Å². The lowest BCUT2D eigenvalue weighted by Gasteiger charge is -2.35. The maximum absolute atomic E-state index is 11.4. The summed E-state index contributed by atoms with van der Waals surface area (Å²) in [5, 5.41) is 0. The molecule has 2 aliphatic heterocycles. The van der Waals surface area contributed by atoms with Gasteiger partial charge >= 0.3 is 0 Å². The normalized spacial score (nSPS) is 43.7. The quantitative estimate of drug-likeness (QED) is 0.575. The molecule has 0 aromatic carbocycles. The van der Waals surface area contributed by atoms with Gasteiger partial charge in [0.15, 0.2) is 17.2 Å². The van der Waals surface area contributed by atoms with Crippen LogP contribution in [0.4, 0.5) is 0 Å². The zero-order chi connectivity index (χ0) is 9.69.